The third-order valence-electron chi connectivity index (χ3n) is 7.30. The lowest BCUT2D eigenvalue weighted by Crippen LogP contribution is -2.50. The molecule has 0 unspecified atom stereocenters. The van der Waals surface area contributed by atoms with Gasteiger partial charge >= 0.3 is 0 Å². The number of hydrogen-bond donors (Lipinski definition) is 0. The number of benzene rings is 2. The Balaban J connectivity index is 1.31. The summed E-state index contributed by atoms with van der Waals surface area (Å²) < 4.78 is 1.94. The Bertz CT molecular complexity index is 1380. The summed E-state index contributed by atoms with van der Waals surface area (Å²) in [6, 6.07) is 19.5. The molecule has 3 aliphatic heterocycles. The van der Waals surface area contributed by atoms with Gasteiger partial charge in [0.1, 0.15) is 0 Å². The Morgan fingerprint density at radius 1 is 1.00 bits per heavy atom. The standard InChI is InChI=1S/C28H26ClN3O2/c1-18-5-7-19(8-6-18)12-24-23-10-9-22(29)13-26(23)32(28(24)34)17-30-14-20-11-21(16-30)25-3-2-4-27(33)31(25)15-20/h2-10,12-13,20-21H,11,14-17H2,1H3/b24-12-/t20-,21+/m1/s1. The van der Waals surface area contributed by atoms with Gasteiger partial charge in [-0.1, -0.05) is 53.6 Å². The van der Waals surface area contributed by atoms with Crippen LogP contribution in [0.1, 0.15) is 34.7 Å². The number of rotatable bonds is 3. The predicted octanol–water partition coefficient (Wildman–Crippen LogP) is 4.77. The molecule has 2 atom stereocenters. The summed E-state index contributed by atoms with van der Waals surface area (Å²) in [4.78, 5) is 30.2. The van der Waals surface area contributed by atoms with Crippen LogP contribution in [0.5, 0.6) is 0 Å². The van der Waals surface area contributed by atoms with E-state index in [0.717, 1.165) is 48.6 Å². The number of fused-ring (bicyclic) bond motifs is 5. The molecule has 2 aromatic carbocycles. The normalized spacial score (nSPS) is 22.7. The number of anilines is 1. The monoisotopic (exact) mass is 471 g/mol. The third kappa shape index (κ3) is 3.69. The second-order valence-electron chi connectivity index (χ2n) is 9.74. The zero-order chi connectivity index (χ0) is 23.4. The highest BCUT2D eigenvalue weighted by atomic mass is 35.5. The van der Waals surface area contributed by atoms with Crippen molar-refractivity contribution in [3.63, 3.8) is 0 Å². The fourth-order valence-corrected chi connectivity index (χ4v) is 5.91. The second kappa shape index (κ2) is 8.26. The van der Waals surface area contributed by atoms with Crippen molar-refractivity contribution in [2.45, 2.75) is 25.8 Å². The maximum atomic E-state index is 13.7. The van der Waals surface area contributed by atoms with E-state index >= 15 is 0 Å². The number of aryl methyl sites for hydroxylation is 1. The van der Waals surface area contributed by atoms with E-state index in [4.69, 9.17) is 11.6 Å². The van der Waals surface area contributed by atoms with Crippen molar-refractivity contribution in [2.24, 2.45) is 5.92 Å². The Morgan fingerprint density at radius 3 is 2.65 bits per heavy atom. The lowest BCUT2D eigenvalue weighted by atomic mass is 9.83. The van der Waals surface area contributed by atoms with Gasteiger partial charge in [-0.25, -0.2) is 0 Å². The molecule has 3 aromatic rings. The molecular weight excluding hydrogens is 446 g/mol. The van der Waals surface area contributed by atoms with Crippen molar-refractivity contribution in [3.8, 4) is 0 Å². The maximum absolute atomic E-state index is 13.7. The summed E-state index contributed by atoms with van der Waals surface area (Å²) in [5.41, 5.74) is 5.88. The molecule has 1 saturated heterocycles. The number of carbonyl (C=O) groups is 1. The Hall–Kier alpha value is -3.15. The molecule has 34 heavy (non-hydrogen) atoms. The smallest absolute Gasteiger partial charge is 0.260 e. The van der Waals surface area contributed by atoms with Crippen molar-refractivity contribution in [2.75, 3.05) is 24.7 Å². The van der Waals surface area contributed by atoms with Crippen LogP contribution < -0.4 is 10.5 Å². The zero-order valence-corrected chi connectivity index (χ0v) is 19.8. The summed E-state index contributed by atoms with van der Waals surface area (Å²) in [6.45, 7) is 5.02. The molecule has 1 aromatic heterocycles. The molecule has 2 bridgehead atoms. The second-order valence-corrected chi connectivity index (χ2v) is 10.2. The minimum Gasteiger partial charge on any atom is -0.312 e. The first-order valence-corrected chi connectivity index (χ1v) is 12.2. The maximum Gasteiger partial charge on any atom is 0.260 e. The van der Waals surface area contributed by atoms with Crippen LogP contribution in [-0.2, 0) is 11.3 Å². The van der Waals surface area contributed by atoms with Gasteiger partial charge < -0.3 is 4.57 Å². The predicted molar refractivity (Wildman–Crippen MR) is 136 cm³/mol. The average molecular weight is 472 g/mol. The lowest BCUT2D eigenvalue weighted by Gasteiger charge is -2.43. The molecule has 6 rings (SSSR count). The summed E-state index contributed by atoms with van der Waals surface area (Å²) >= 11 is 6.35. The molecule has 1 amide bonds. The molecule has 0 aliphatic carbocycles. The molecule has 5 nitrogen and oxygen atoms in total. The first kappa shape index (κ1) is 21.4. The van der Waals surface area contributed by atoms with Crippen molar-refractivity contribution in [1.29, 1.82) is 0 Å². The number of halogens is 1. The first-order chi connectivity index (χ1) is 16.5. The van der Waals surface area contributed by atoms with Crippen molar-refractivity contribution in [1.82, 2.24) is 9.47 Å². The van der Waals surface area contributed by atoms with Gasteiger partial charge in [-0.05, 0) is 49.1 Å². The van der Waals surface area contributed by atoms with E-state index in [0.29, 0.717) is 29.1 Å². The highest BCUT2D eigenvalue weighted by molar-refractivity contribution is 6.37. The third-order valence-corrected chi connectivity index (χ3v) is 7.54. The highest BCUT2D eigenvalue weighted by Gasteiger charge is 2.38. The van der Waals surface area contributed by atoms with Crippen LogP contribution in [0.3, 0.4) is 0 Å². The van der Waals surface area contributed by atoms with E-state index in [-0.39, 0.29) is 11.5 Å². The molecule has 1 fully saturated rings. The minimum absolute atomic E-state index is 0.00481. The van der Waals surface area contributed by atoms with Crippen LogP contribution in [-0.4, -0.2) is 35.1 Å². The fourth-order valence-electron chi connectivity index (χ4n) is 5.75. The van der Waals surface area contributed by atoms with Crippen LogP contribution in [0.15, 0.2) is 65.5 Å². The van der Waals surface area contributed by atoms with E-state index in [9.17, 15) is 9.59 Å². The van der Waals surface area contributed by atoms with E-state index < -0.39 is 0 Å². The molecule has 0 spiro atoms. The minimum atomic E-state index is 0.00481. The van der Waals surface area contributed by atoms with Gasteiger partial charge in [0.2, 0.25) is 0 Å². The fraction of sp³-hybridized carbons (Fsp3) is 0.286. The van der Waals surface area contributed by atoms with Crippen molar-refractivity contribution in [3.05, 3.63) is 98.4 Å². The van der Waals surface area contributed by atoms with Gasteiger partial charge in [-0.2, -0.15) is 0 Å². The largest absolute Gasteiger partial charge is 0.312 e. The number of amides is 1. The van der Waals surface area contributed by atoms with Gasteiger partial charge in [0.15, 0.2) is 0 Å². The summed E-state index contributed by atoms with van der Waals surface area (Å²) in [5, 5.41) is 0.622. The Morgan fingerprint density at radius 2 is 1.82 bits per heavy atom. The van der Waals surface area contributed by atoms with E-state index in [1.165, 1.54) is 5.56 Å². The highest BCUT2D eigenvalue weighted by Crippen LogP contribution is 2.41. The van der Waals surface area contributed by atoms with Gasteiger partial charge in [0.25, 0.3) is 11.5 Å². The number of pyridine rings is 1. The molecule has 6 heteroatoms. The number of aromatic nitrogens is 1. The number of hydrogen-bond acceptors (Lipinski definition) is 3. The molecule has 4 heterocycles. The SMILES string of the molecule is Cc1ccc(/C=C2\C(=O)N(CN3C[C@H]4C[C@@H](C3)c3cccc(=O)n3C4)c3cc(Cl)ccc32)cc1. The topological polar surface area (TPSA) is 45.6 Å². The van der Waals surface area contributed by atoms with Crippen molar-refractivity contribution >= 4 is 34.8 Å². The Labute approximate surface area is 203 Å². The Kier molecular flexibility index (Phi) is 5.19. The lowest BCUT2D eigenvalue weighted by molar-refractivity contribution is -0.113. The van der Waals surface area contributed by atoms with Crippen molar-refractivity contribution < 1.29 is 4.79 Å². The first-order valence-electron chi connectivity index (χ1n) is 11.8. The van der Waals surface area contributed by atoms with Gasteiger partial charge in [-0.3, -0.25) is 19.4 Å². The number of nitrogens with zero attached hydrogens (tertiary/aromatic N) is 3. The summed E-state index contributed by atoms with van der Waals surface area (Å²) in [7, 11) is 0. The van der Waals surface area contributed by atoms with E-state index in [2.05, 4.69) is 30.0 Å². The van der Waals surface area contributed by atoms with E-state index in [1.807, 2.05) is 51.9 Å². The molecule has 3 aliphatic rings. The number of carbonyl (C=O) groups excluding carboxylic acids is 1. The molecule has 0 radical (unpaired) electrons. The zero-order valence-electron chi connectivity index (χ0n) is 19.1. The van der Waals surface area contributed by atoms with Crippen LogP contribution in [0, 0.1) is 12.8 Å². The number of likely N-dealkylation sites (tertiary alicyclic amines) is 1. The quantitative estimate of drug-likeness (QED) is 0.517. The van der Waals surface area contributed by atoms with E-state index in [1.54, 1.807) is 6.07 Å². The summed E-state index contributed by atoms with van der Waals surface area (Å²) in [5.74, 6) is 0.719. The van der Waals surface area contributed by atoms with Gasteiger partial charge in [0.05, 0.1) is 12.4 Å². The average Bonchev–Trinajstić information content (AvgIpc) is 3.06. The molecule has 172 valence electrons. The van der Waals surface area contributed by atoms with Crippen LogP contribution in [0.4, 0.5) is 5.69 Å². The molecule has 0 saturated carbocycles. The molecule has 0 N–H and O–H groups in total. The van der Waals surface area contributed by atoms with Crippen LogP contribution >= 0.6 is 11.6 Å². The summed E-state index contributed by atoms with van der Waals surface area (Å²) in [6.07, 6.45) is 3.07. The van der Waals surface area contributed by atoms with Crippen LogP contribution in [0.25, 0.3) is 11.6 Å². The number of piperidine rings is 1. The van der Waals surface area contributed by atoms with Gasteiger partial charge in [0, 0.05) is 53.5 Å². The van der Waals surface area contributed by atoms with Gasteiger partial charge in [-0.15, -0.1) is 0 Å². The van der Waals surface area contributed by atoms with Crippen LogP contribution in [0.2, 0.25) is 5.02 Å². The molecular formula is C28H26ClN3O2.